The van der Waals surface area contributed by atoms with Gasteiger partial charge in [-0.05, 0) is 44.9 Å². The van der Waals surface area contributed by atoms with Crippen molar-refractivity contribution >= 4 is 6.09 Å². The Balaban J connectivity index is 2.21. The number of carbonyl (C=O) groups is 1. The summed E-state index contributed by atoms with van der Waals surface area (Å²) in [5.41, 5.74) is 0.0734. The Morgan fingerprint density at radius 1 is 1.45 bits per heavy atom. The molecule has 1 aromatic rings. The number of aliphatic hydroxyl groups is 1. The maximum atomic E-state index is 13.3. The monoisotopic (exact) mass is 281 g/mol. The molecule has 0 saturated carbocycles. The second-order valence-corrected chi connectivity index (χ2v) is 6.09. The van der Waals surface area contributed by atoms with E-state index in [1.54, 1.807) is 32.9 Å². The van der Waals surface area contributed by atoms with Crippen molar-refractivity contribution in [1.82, 2.24) is 4.90 Å². The van der Waals surface area contributed by atoms with Gasteiger partial charge in [0.25, 0.3) is 0 Å². The van der Waals surface area contributed by atoms with Gasteiger partial charge in [0.2, 0.25) is 0 Å². The summed E-state index contributed by atoms with van der Waals surface area (Å²) in [6.07, 6.45) is -0.706. The van der Waals surface area contributed by atoms with Gasteiger partial charge >= 0.3 is 6.09 Å². The highest BCUT2D eigenvalue weighted by Crippen LogP contribution is 2.33. The Bertz CT molecular complexity index is 498. The topological polar surface area (TPSA) is 49.8 Å². The number of benzene rings is 1. The summed E-state index contributed by atoms with van der Waals surface area (Å²) in [5, 5.41) is 9.80. The van der Waals surface area contributed by atoms with E-state index in [9.17, 15) is 14.3 Å². The van der Waals surface area contributed by atoms with Gasteiger partial charge < -0.3 is 9.84 Å². The Kier molecular flexibility index (Phi) is 3.99. The van der Waals surface area contributed by atoms with Gasteiger partial charge in [0, 0.05) is 0 Å². The largest absolute Gasteiger partial charge is 0.444 e. The van der Waals surface area contributed by atoms with Crippen LogP contribution in [0.25, 0.3) is 0 Å². The number of ether oxygens (including phenoxy) is 1. The van der Waals surface area contributed by atoms with E-state index >= 15 is 0 Å². The van der Waals surface area contributed by atoms with Crippen LogP contribution < -0.4 is 0 Å². The predicted molar refractivity (Wildman–Crippen MR) is 72.7 cm³/mol. The van der Waals surface area contributed by atoms with E-state index in [2.05, 4.69) is 0 Å². The quantitative estimate of drug-likeness (QED) is 0.861. The highest BCUT2D eigenvalue weighted by molar-refractivity contribution is 5.69. The number of rotatable bonds is 1. The molecule has 0 aromatic heterocycles. The second kappa shape index (κ2) is 5.40. The van der Waals surface area contributed by atoms with Crippen molar-refractivity contribution in [1.29, 1.82) is 0 Å². The van der Waals surface area contributed by atoms with Crippen molar-refractivity contribution in [3.63, 3.8) is 0 Å². The second-order valence-electron chi connectivity index (χ2n) is 6.09. The summed E-state index contributed by atoms with van der Waals surface area (Å²) < 4.78 is 18.7. The molecule has 1 fully saturated rings. The standard InChI is InChI=1S/C15H20FNO3/c1-15(2,3)20-14(19)17-9-12(18)8-13(17)10-5-4-6-11(16)7-10/h4-7,12-13,18H,8-9H2,1-3H3/t12-,13+/m1/s1. The van der Waals surface area contributed by atoms with Gasteiger partial charge in [0.05, 0.1) is 18.7 Å². The average Bonchev–Trinajstić information content (AvgIpc) is 2.69. The summed E-state index contributed by atoms with van der Waals surface area (Å²) >= 11 is 0. The molecule has 0 bridgehead atoms. The van der Waals surface area contributed by atoms with Crippen molar-refractivity contribution in [3.05, 3.63) is 35.6 Å². The maximum Gasteiger partial charge on any atom is 0.410 e. The molecule has 0 aliphatic carbocycles. The zero-order valence-electron chi connectivity index (χ0n) is 12.0. The van der Waals surface area contributed by atoms with Gasteiger partial charge in [-0.1, -0.05) is 12.1 Å². The molecular formula is C15H20FNO3. The number of nitrogens with zero attached hydrogens (tertiary/aromatic N) is 1. The molecule has 5 heteroatoms. The van der Waals surface area contributed by atoms with E-state index in [0.29, 0.717) is 12.0 Å². The van der Waals surface area contributed by atoms with Crippen LogP contribution >= 0.6 is 0 Å². The summed E-state index contributed by atoms with van der Waals surface area (Å²) in [5.74, 6) is -0.354. The average molecular weight is 281 g/mol. The maximum absolute atomic E-state index is 13.3. The van der Waals surface area contributed by atoms with E-state index in [4.69, 9.17) is 4.74 Å². The number of amides is 1. The molecule has 0 unspecified atom stereocenters. The fourth-order valence-electron chi connectivity index (χ4n) is 2.37. The molecule has 0 radical (unpaired) electrons. The van der Waals surface area contributed by atoms with Gasteiger partial charge in [-0.2, -0.15) is 0 Å². The number of halogens is 1. The Morgan fingerprint density at radius 2 is 2.15 bits per heavy atom. The molecular weight excluding hydrogens is 261 g/mol. The number of hydrogen-bond donors (Lipinski definition) is 1. The Hall–Kier alpha value is -1.62. The van der Waals surface area contributed by atoms with Crippen LogP contribution in [-0.2, 0) is 4.74 Å². The Labute approximate surface area is 118 Å². The highest BCUT2D eigenvalue weighted by Gasteiger charge is 2.37. The van der Waals surface area contributed by atoms with E-state index in [1.807, 2.05) is 0 Å². The zero-order valence-corrected chi connectivity index (χ0v) is 12.0. The SMILES string of the molecule is CC(C)(C)OC(=O)N1C[C@H](O)C[C@H]1c1cccc(F)c1. The molecule has 4 nitrogen and oxygen atoms in total. The van der Waals surface area contributed by atoms with E-state index in [1.165, 1.54) is 17.0 Å². The summed E-state index contributed by atoms with van der Waals surface area (Å²) in [6.45, 7) is 5.56. The van der Waals surface area contributed by atoms with Crippen molar-refractivity contribution < 1.29 is 19.0 Å². The smallest absolute Gasteiger partial charge is 0.410 e. The van der Waals surface area contributed by atoms with Gasteiger partial charge in [0.15, 0.2) is 0 Å². The summed E-state index contributed by atoms with van der Waals surface area (Å²) in [6, 6.07) is 5.74. The molecule has 110 valence electrons. The molecule has 1 amide bonds. The molecule has 1 aromatic carbocycles. The number of hydrogen-bond acceptors (Lipinski definition) is 3. The van der Waals surface area contributed by atoms with E-state index in [-0.39, 0.29) is 18.4 Å². The summed E-state index contributed by atoms with van der Waals surface area (Å²) in [4.78, 5) is 13.6. The van der Waals surface area contributed by atoms with Crippen LogP contribution in [0.1, 0.15) is 38.8 Å². The van der Waals surface area contributed by atoms with Crippen LogP contribution in [0.5, 0.6) is 0 Å². The van der Waals surface area contributed by atoms with Crippen LogP contribution in [0.2, 0.25) is 0 Å². The Morgan fingerprint density at radius 3 is 2.75 bits per heavy atom. The fourth-order valence-corrected chi connectivity index (χ4v) is 2.37. The third-order valence-electron chi connectivity index (χ3n) is 3.14. The minimum Gasteiger partial charge on any atom is -0.444 e. The highest BCUT2D eigenvalue weighted by atomic mass is 19.1. The number of aliphatic hydroxyl groups excluding tert-OH is 1. The summed E-state index contributed by atoms with van der Waals surface area (Å²) in [7, 11) is 0. The first-order valence-corrected chi connectivity index (χ1v) is 6.69. The molecule has 0 spiro atoms. The first-order chi connectivity index (χ1) is 9.26. The lowest BCUT2D eigenvalue weighted by atomic mass is 10.0. The van der Waals surface area contributed by atoms with E-state index < -0.39 is 17.8 Å². The van der Waals surface area contributed by atoms with Crippen LogP contribution in [0.15, 0.2) is 24.3 Å². The minimum absolute atomic E-state index is 0.204. The lowest BCUT2D eigenvalue weighted by Gasteiger charge is -2.28. The van der Waals surface area contributed by atoms with Gasteiger partial charge in [-0.25, -0.2) is 9.18 Å². The third-order valence-corrected chi connectivity index (χ3v) is 3.14. The van der Waals surface area contributed by atoms with Crippen molar-refractivity contribution in [3.8, 4) is 0 Å². The van der Waals surface area contributed by atoms with Gasteiger partial charge in [-0.3, -0.25) is 4.90 Å². The van der Waals surface area contributed by atoms with Gasteiger partial charge in [-0.15, -0.1) is 0 Å². The molecule has 1 aliphatic heterocycles. The lowest BCUT2D eigenvalue weighted by Crippen LogP contribution is -2.37. The fraction of sp³-hybridized carbons (Fsp3) is 0.533. The molecule has 2 rings (SSSR count). The van der Waals surface area contributed by atoms with Crippen molar-refractivity contribution in [2.75, 3.05) is 6.54 Å². The van der Waals surface area contributed by atoms with Gasteiger partial charge in [0.1, 0.15) is 11.4 Å². The first-order valence-electron chi connectivity index (χ1n) is 6.69. The normalized spacial score (nSPS) is 22.9. The minimum atomic E-state index is -0.615. The molecule has 1 aliphatic rings. The van der Waals surface area contributed by atoms with Crippen LogP contribution in [0.4, 0.5) is 9.18 Å². The van der Waals surface area contributed by atoms with E-state index in [0.717, 1.165) is 0 Å². The predicted octanol–water partition coefficient (Wildman–Crippen LogP) is 2.87. The molecule has 1 N–H and O–H groups in total. The van der Waals surface area contributed by atoms with Crippen molar-refractivity contribution in [2.45, 2.75) is 44.9 Å². The molecule has 20 heavy (non-hydrogen) atoms. The number of likely N-dealkylation sites (tertiary alicyclic amines) is 1. The zero-order chi connectivity index (χ0) is 14.9. The van der Waals surface area contributed by atoms with Crippen LogP contribution in [0, 0.1) is 5.82 Å². The third kappa shape index (κ3) is 3.48. The van der Waals surface area contributed by atoms with Crippen LogP contribution in [-0.4, -0.2) is 34.3 Å². The first kappa shape index (κ1) is 14.8. The molecule has 1 saturated heterocycles. The number of carbonyl (C=O) groups excluding carboxylic acids is 1. The molecule has 1 heterocycles. The molecule has 2 atom stereocenters. The van der Waals surface area contributed by atoms with Crippen LogP contribution in [0.3, 0.4) is 0 Å². The number of β-amino-alcohol motifs (C(OH)–C–C–N with tert-alkyl or cyclic N) is 1. The van der Waals surface area contributed by atoms with Crippen molar-refractivity contribution in [2.24, 2.45) is 0 Å². The lowest BCUT2D eigenvalue weighted by molar-refractivity contribution is 0.0206.